The molecule has 0 N–H and O–H groups in total. The van der Waals surface area contributed by atoms with E-state index in [-0.39, 0.29) is 0 Å². The van der Waals surface area contributed by atoms with E-state index in [2.05, 4.69) is 28.6 Å². The first kappa shape index (κ1) is 25.3. The summed E-state index contributed by atoms with van der Waals surface area (Å²) in [6, 6.07) is 0. The van der Waals surface area contributed by atoms with Gasteiger partial charge in [-0.15, -0.1) is 22.7 Å². The predicted molar refractivity (Wildman–Crippen MR) is 144 cm³/mol. The van der Waals surface area contributed by atoms with E-state index in [0.29, 0.717) is 30.3 Å². The number of hydrogen-bond donors (Lipinski definition) is 0. The van der Waals surface area contributed by atoms with Crippen LogP contribution < -0.4 is 4.90 Å². The van der Waals surface area contributed by atoms with Crippen LogP contribution in [0.15, 0.2) is 6.20 Å². The molecule has 0 amide bonds. The van der Waals surface area contributed by atoms with Crippen LogP contribution in [-0.2, 0) is 28.9 Å². The maximum Gasteiger partial charge on any atom is 0.186 e. The van der Waals surface area contributed by atoms with Crippen LogP contribution in [0.2, 0.25) is 0 Å². The van der Waals surface area contributed by atoms with Gasteiger partial charge in [0.15, 0.2) is 5.13 Å². The van der Waals surface area contributed by atoms with Gasteiger partial charge < -0.3 is 9.64 Å². The number of aromatic nitrogens is 2. The van der Waals surface area contributed by atoms with Crippen molar-refractivity contribution in [3.8, 4) is 0 Å². The summed E-state index contributed by atoms with van der Waals surface area (Å²) in [6.45, 7) is 11.5. The number of aryl methyl sites for hydroxylation is 1. The summed E-state index contributed by atoms with van der Waals surface area (Å²) in [5.41, 5.74) is 1.31. The lowest BCUT2D eigenvalue weighted by molar-refractivity contribution is -0.119. The first-order valence-corrected chi connectivity index (χ1v) is 15.1. The Morgan fingerprint density at radius 2 is 1.94 bits per heavy atom. The number of fused-ring (bicyclic) bond motifs is 1. The van der Waals surface area contributed by atoms with E-state index in [9.17, 15) is 4.79 Å². The van der Waals surface area contributed by atoms with E-state index in [1.807, 2.05) is 24.5 Å². The van der Waals surface area contributed by atoms with Crippen LogP contribution in [0.5, 0.6) is 0 Å². The summed E-state index contributed by atoms with van der Waals surface area (Å²) in [4.78, 5) is 29.4. The molecule has 0 spiro atoms. The number of ketones is 1. The second kappa shape index (κ2) is 11.4. The molecule has 0 bridgehead atoms. The van der Waals surface area contributed by atoms with Crippen LogP contribution in [0.4, 0.5) is 5.13 Å². The molecule has 0 aromatic carbocycles. The number of carbonyl (C=O) groups excluding carboxylic acids is 1. The standard InChI is InChI=1S/C27H40N4O2S2/c1-18(2)33-23-15-31(16-23)27-29-25-17-30(11-9-26(25)35-27)10-8-20-4-6-21(7-5-20)12-22(32)13-24-14-28-19(3)34-24/h14,18,20-21,23H,4-13,15-17H2,1-3H3. The Morgan fingerprint density at radius 3 is 2.66 bits per heavy atom. The van der Waals surface area contributed by atoms with E-state index < -0.39 is 0 Å². The molecule has 35 heavy (non-hydrogen) atoms. The van der Waals surface area contributed by atoms with Gasteiger partial charge in [-0.1, -0.05) is 12.8 Å². The highest BCUT2D eigenvalue weighted by atomic mass is 32.1. The van der Waals surface area contributed by atoms with Crippen molar-refractivity contribution in [2.45, 2.75) is 90.9 Å². The van der Waals surface area contributed by atoms with Crippen LogP contribution in [-0.4, -0.2) is 59.0 Å². The molecular weight excluding hydrogens is 476 g/mol. The molecular formula is C27H40N4O2S2. The van der Waals surface area contributed by atoms with E-state index in [1.54, 1.807) is 11.3 Å². The van der Waals surface area contributed by atoms with Crippen LogP contribution in [0.1, 0.15) is 72.8 Å². The van der Waals surface area contributed by atoms with Gasteiger partial charge in [-0.05, 0) is 64.8 Å². The van der Waals surface area contributed by atoms with E-state index >= 15 is 0 Å². The Labute approximate surface area is 218 Å². The van der Waals surface area contributed by atoms with Crippen molar-refractivity contribution < 1.29 is 9.53 Å². The van der Waals surface area contributed by atoms with Crippen LogP contribution in [0.3, 0.4) is 0 Å². The van der Waals surface area contributed by atoms with Crippen molar-refractivity contribution in [2.24, 2.45) is 11.8 Å². The molecule has 2 aromatic rings. The molecule has 6 nitrogen and oxygen atoms in total. The van der Waals surface area contributed by atoms with Crippen LogP contribution in [0, 0.1) is 18.8 Å². The minimum Gasteiger partial charge on any atom is -0.372 e. The Bertz CT molecular complexity index is 989. The van der Waals surface area contributed by atoms with Gasteiger partial charge in [0.1, 0.15) is 5.78 Å². The van der Waals surface area contributed by atoms with Gasteiger partial charge in [-0.2, -0.15) is 0 Å². The van der Waals surface area contributed by atoms with Gasteiger partial charge >= 0.3 is 0 Å². The minimum absolute atomic E-state index is 0.302. The normalized spacial score (nSPS) is 23.5. The van der Waals surface area contributed by atoms with E-state index in [1.165, 1.54) is 54.4 Å². The Kier molecular flexibility index (Phi) is 8.22. The summed E-state index contributed by atoms with van der Waals surface area (Å²) in [5, 5.41) is 2.24. The van der Waals surface area contributed by atoms with E-state index in [0.717, 1.165) is 54.8 Å². The highest BCUT2D eigenvalue weighted by molar-refractivity contribution is 7.15. The summed E-state index contributed by atoms with van der Waals surface area (Å²) >= 11 is 3.55. The lowest BCUT2D eigenvalue weighted by atomic mass is 9.78. The fourth-order valence-corrected chi connectivity index (χ4v) is 7.69. The van der Waals surface area contributed by atoms with Crippen molar-refractivity contribution in [3.05, 3.63) is 26.7 Å². The second-order valence-corrected chi connectivity index (χ2v) is 13.4. The van der Waals surface area contributed by atoms with Crippen molar-refractivity contribution in [1.29, 1.82) is 0 Å². The van der Waals surface area contributed by atoms with Crippen LogP contribution in [0.25, 0.3) is 0 Å². The third-order valence-electron chi connectivity index (χ3n) is 7.76. The number of hydrogen-bond acceptors (Lipinski definition) is 8. The molecule has 2 aliphatic heterocycles. The first-order chi connectivity index (χ1) is 16.9. The molecule has 2 fully saturated rings. The van der Waals surface area contributed by atoms with Gasteiger partial charge in [0, 0.05) is 55.0 Å². The molecule has 5 rings (SSSR count). The quantitative estimate of drug-likeness (QED) is 0.428. The topological polar surface area (TPSA) is 58.6 Å². The lowest BCUT2D eigenvalue weighted by Gasteiger charge is -2.39. The molecule has 1 aliphatic carbocycles. The molecule has 0 atom stereocenters. The maximum atomic E-state index is 12.5. The molecule has 2 aromatic heterocycles. The number of anilines is 1. The summed E-state index contributed by atoms with van der Waals surface area (Å²) in [7, 11) is 0. The SMILES string of the molecule is Cc1ncc(CC(=O)CC2CCC(CCN3CCc4sc(N5CC(OC(C)C)C5)nc4C3)CC2)s1. The molecule has 3 aliphatic rings. The number of thiazole rings is 2. The molecule has 1 saturated carbocycles. The number of ether oxygens (including phenoxy) is 1. The first-order valence-electron chi connectivity index (χ1n) is 13.5. The molecule has 0 radical (unpaired) electrons. The summed E-state index contributed by atoms with van der Waals surface area (Å²) in [6.07, 6.45) is 11.3. The van der Waals surface area contributed by atoms with Crippen molar-refractivity contribution in [2.75, 3.05) is 31.1 Å². The zero-order valence-corrected chi connectivity index (χ0v) is 23.1. The Morgan fingerprint density at radius 1 is 1.17 bits per heavy atom. The summed E-state index contributed by atoms with van der Waals surface area (Å²) in [5.74, 6) is 1.80. The van der Waals surface area contributed by atoms with Gasteiger partial charge in [0.2, 0.25) is 0 Å². The monoisotopic (exact) mass is 516 g/mol. The predicted octanol–water partition coefficient (Wildman–Crippen LogP) is 5.28. The highest BCUT2D eigenvalue weighted by Crippen LogP contribution is 2.35. The fourth-order valence-electron chi connectivity index (χ4n) is 5.80. The fraction of sp³-hybridized carbons (Fsp3) is 0.741. The van der Waals surface area contributed by atoms with Crippen LogP contribution >= 0.6 is 22.7 Å². The van der Waals surface area contributed by atoms with Gasteiger partial charge in [0.05, 0.1) is 22.9 Å². The van der Waals surface area contributed by atoms with Crippen molar-refractivity contribution in [1.82, 2.24) is 14.9 Å². The minimum atomic E-state index is 0.302. The molecule has 4 heterocycles. The number of rotatable bonds is 10. The smallest absolute Gasteiger partial charge is 0.186 e. The molecule has 8 heteroatoms. The average Bonchev–Trinajstić information content (AvgIpc) is 3.40. The van der Waals surface area contributed by atoms with E-state index in [4.69, 9.17) is 9.72 Å². The van der Waals surface area contributed by atoms with Crippen molar-refractivity contribution in [3.63, 3.8) is 0 Å². The van der Waals surface area contributed by atoms with Crippen molar-refractivity contribution >= 4 is 33.6 Å². The zero-order chi connectivity index (χ0) is 24.4. The number of Topliss-reactive ketones (excluding diaryl/α,β-unsaturated/α-hetero) is 1. The average molecular weight is 517 g/mol. The molecule has 192 valence electrons. The Hall–Kier alpha value is -1.35. The maximum absolute atomic E-state index is 12.5. The largest absolute Gasteiger partial charge is 0.372 e. The molecule has 1 saturated heterocycles. The van der Waals surface area contributed by atoms with Gasteiger partial charge in [0.25, 0.3) is 0 Å². The Balaban J connectivity index is 1.00. The number of carbonyl (C=O) groups is 1. The highest BCUT2D eigenvalue weighted by Gasteiger charge is 2.32. The van der Waals surface area contributed by atoms with Gasteiger partial charge in [-0.25, -0.2) is 9.97 Å². The summed E-state index contributed by atoms with van der Waals surface area (Å²) < 4.78 is 5.91. The second-order valence-electron chi connectivity index (χ2n) is 11.0. The third-order valence-corrected chi connectivity index (χ3v) is 9.89. The third kappa shape index (κ3) is 6.70. The van der Waals surface area contributed by atoms with Gasteiger partial charge in [-0.3, -0.25) is 9.69 Å². The number of nitrogens with zero attached hydrogens (tertiary/aromatic N) is 4. The molecule has 0 unspecified atom stereocenters. The zero-order valence-electron chi connectivity index (χ0n) is 21.5. The lowest BCUT2D eigenvalue weighted by Crippen LogP contribution is -2.53.